The number of hydrogen-bond acceptors (Lipinski definition) is 3. The second kappa shape index (κ2) is 4.43. The maximum absolute atomic E-state index is 6.16. The van der Waals surface area contributed by atoms with E-state index in [1.165, 1.54) is 17.8 Å². The van der Waals surface area contributed by atoms with Crippen molar-refractivity contribution in [1.82, 2.24) is 4.90 Å². The van der Waals surface area contributed by atoms with E-state index in [-0.39, 0.29) is 0 Å². The summed E-state index contributed by atoms with van der Waals surface area (Å²) in [5.41, 5.74) is 6.16. The summed E-state index contributed by atoms with van der Waals surface area (Å²) in [6.07, 6.45) is 2.36. The molecule has 1 aliphatic rings. The Hall–Kier alpha value is -0.380. The molecule has 1 aliphatic heterocycles. The summed E-state index contributed by atoms with van der Waals surface area (Å²) in [5, 5.41) is 2.14. The Morgan fingerprint density at radius 1 is 1.64 bits per heavy atom. The topological polar surface area (TPSA) is 29.3 Å². The summed E-state index contributed by atoms with van der Waals surface area (Å²) >= 11 is 1.83. The van der Waals surface area contributed by atoms with Gasteiger partial charge >= 0.3 is 0 Å². The second-order valence-electron chi connectivity index (χ2n) is 3.95. The number of thiophene rings is 1. The Bertz CT molecular complexity index is 269. The molecular formula is C11H18N2S. The zero-order valence-corrected chi connectivity index (χ0v) is 9.46. The molecule has 78 valence electrons. The molecule has 2 atom stereocenters. The molecule has 0 aliphatic carbocycles. The molecule has 0 bridgehead atoms. The van der Waals surface area contributed by atoms with Gasteiger partial charge < -0.3 is 5.73 Å². The minimum atomic E-state index is 0.334. The third kappa shape index (κ3) is 1.85. The SMILES string of the molecule is CCCN1CC[C@@H](N)[C@@H]1c1cccs1. The Balaban J connectivity index is 2.13. The molecule has 2 rings (SSSR count). The van der Waals surface area contributed by atoms with Gasteiger partial charge in [-0.25, -0.2) is 0 Å². The minimum absolute atomic E-state index is 0.334. The van der Waals surface area contributed by atoms with Gasteiger partial charge in [0.2, 0.25) is 0 Å². The van der Waals surface area contributed by atoms with Gasteiger partial charge in [0.15, 0.2) is 0 Å². The fourth-order valence-corrected chi connectivity index (χ4v) is 3.21. The van der Waals surface area contributed by atoms with Gasteiger partial charge in [0, 0.05) is 17.5 Å². The predicted octanol–water partition coefficient (Wildman–Crippen LogP) is 2.23. The van der Waals surface area contributed by atoms with Crippen molar-refractivity contribution in [1.29, 1.82) is 0 Å². The molecule has 0 radical (unpaired) electrons. The van der Waals surface area contributed by atoms with Crippen LogP contribution in [0.15, 0.2) is 17.5 Å². The van der Waals surface area contributed by atoms with Crippen LogP contribution in [0.1, 0.15) is 30.7 Å². The van der Waals surface area contributed by atoms with Crippen molar-refractivity contribution in [2.24, 2.45) is 5.73 Å². The normalized spacial score (nSPS) is 28.4. The number of nitrogens with two attached hydrogens (primary N) is 1. The van der Waals surface area contributed by atoms with Crippen LogP contribution in [-0.4, -0.2) is 24.0 Å². The fourth-order valence-electron chi connectivity index (χ4n) is 2.27. The van der Waals surface area contributed by atoms with Crippen molar-refractivity contribution in [2.75, 3.05) is 13.1 Å². The van der Waals surface area contributed by atoms with Crippen LogP contribution in [0.3, 0.4) is 0 Å². The van der Waals surface area contributed by atoms with E-state index in [0.29, 0.717) is 12.1 Å². The lowest BCUT2D eigenvalue weighted by molar-refractivity contribution is 0.251. The van der Waals surface area contributed by atoms with Gasteiger partial charge in [0.05, 0.1) is 6.04 Å². The minimum Gasteiger partial charge on any atom is -0.326 e. The molecule has 0 saturated carbocycles. The summed E-state index contributed by atoms with van der Waals surface area (Å²) in [7, 11) is 0. The van der Waals surface area contributed by atoms with E-state index in [9.17, 15) is 0 Å². The molecule has 0 spiro atoms. The first-order valence-corrected chi connectivity index (χ1v) is 6.24. The van der Waals surface area contributed by atoms with Crippen LogP contribution in [0.4, 0.5) is 0 Å². The second-order valence-corrected chi connectivity index (χ2v) is 4.93. The van der Waals surface area contributed by atoms with Crippen LogP contribution in [0, 0.1) is 0 Å². The molecule has 14 heavy (non-hydrogen) atoms. The third-order valence-corrected chi connectivity index (χ3v) is 3.84. The lowest BCUT2D eigenvalue weighted by Gasteiger charge is -2.25. The summed E-state index contributed by atoms with van der Waals surface area (Å²) in [6.45, 7) is 4.57. The lowest BCUT2D eigenvalue weighted by atomic mass is 10.1. The Morgan fingerprint density at radius 2 is 2.50 bits per heavy atom. The molecule has 2 nitrogen and oxygen atoms in total. The number of likely N-dealkylation sites (tertiary alicyclic amines) is 1. The van der Waals surface area contributed by atoms with Gasteiger partial charge in [0.25, 0.3) is 0 Å². The first-order valence-electron chi connectivity index (χ1n) is 5.36. The largest absolute Gasteiger partial charge is 0.326 e. The van der Waals surface area contributed by atoms with E-state index < -0.39 is 0 Å². The molecule has 1 saturated heterocycles. The molecular weight excluding hydrogens is 192 g/mol. The Kier molecular flexibility index (Phi) is 3.21. The third-order valence-electron chi connectivity index (χ3n) is 2.89. The molecule has 1 fully saturated rings. The number of nitrogens with zero attached hydrogens (tertiary/aromatic N) is 1. The average molecular weight is 210 g/mol. The summed E-state index contributed by atoms with van der Waals surface area (Å²) in [6, 6.07) is 5.15. The Labute approximate surface area is 89.7 Å². The maximum Gasteiger partial charge on any atom is 0.0593 e. The van der Waals surface area contributed by atoms with Gasteiger partial charge in [-0.3, -0.25) is 4.90 Å². The van der Waals surface area contributed by atoms with Crippen LogP contribution in [-0.2, 0) is 0 Å². The monoisotopic (exact) mass is 210 g/mol. The highest BCUT2D eigenvalue weighted by Crippen LogP contribution is 2.33. The first-order chi connectivity index (χ1) is 6.83. The highest BCUT2D eigenvalue weighted by molar-refractivity contribution is 7.10. The molecule has 3 heteroatoms. The van der Waals surface area contributed by atoms with E-state index in [2.05, 4.69) is 29.3 Å². The van der Waals surface area contributed by atoms with Crippen molar-refractivity contribution < 1.29 is 0 Å². The number of hydrogen-bond donors (Lipinski definition) is 1. The predicted molar refractivity (Wildman–Crippen MR) is 61.5 cm³/mol. The van der Waals surface area contributed by atoms with Crippen molar-refractivity contribution in [3.05, 3.63) is 22.4 Å². The first kappa shape index (κ1) is 10.1. The zero-order valence-electron chi connectivity index (χ0n) is 8.65. The fraction of sp³-hybridized carbons (Fsp3) is 0.636. The average Bonchev–Trinajstić information content (AvgIpc) is 2.76. The zero-order chi connectivity index (χ0) is 9.97. The van der Waals surface area contributed by atoms with E-state index in [1.54, 1.807) is 0 Å². The van der Waals surface area contributed by atoms with Crippen molar-refractivity contribution in [3.63, 3.8) is 0 Å². The van der Waals surface area contributed by atoms with E-state index >= 15 is 0 Å². The lowest BCUT2D eigenvalue weighted by Crippen LogP contribution is -2.31. The van der Waals surface area contributed by atoms with E-state index in [1.807, 2.05) is 11.3 Å². The number of rotatable bonds is 3. The van der Waals surface area contributed by atoms with Crippen LogP contribution >= 0.6 is 11.3 Å². The van der Waals surface area contributed by atoms with Crippen LogP contribution in [0.2, 0.25) is 0 Å². The van der Waals surface area contributed by atoms with Gasteiger partial charge in [-0.1, -0.05) is 13.0 Å². The summed E-state index contributed by atoms with van der Waals surface area (Å²) in [5.74, 6) is 0. The molecule has 0 aromatic carbocycles. The molecule has 2 heterocycles. The van der Waals surface area contributed by atoms with Crippen LogP contribution < -0.4 is 5.73 Å². The smallest absolute Gasteiger partial charge is 0.0593 e. The van der Waals surface area contributed by atoms with Crippen molar-refractivity contribution in [2.45, 2.75) is 31.8 Å². The van der Waals surface area contributed by atoms with Crippen molar-refractivity contribution in [3.8, 4) is 0 Å². The standard InChI is InChI=1S/C11H18N2S/c1-2-6-13-7-5-9(12)11(13)10-4-3-8-14-10/h3-4,8-9,11H,2,5-7,12H2,1H3/t9-,11-/m1/s1. The molecule has 1 aromatic heterocycles. The van der Waals surface area contributed by atoms with E-state index in [4.69, 9.17) is 5.73 Å². The quantitative estimate of drug-likeness (QED) is 0.829. The summed E-state index contributed by atoms with van der Waals surface area (Å²) < 4.78 is 0. The van der Waals surface area contributed by atoms with Gasteiger partial charge in [0.1, 0.15) is 0 Å². The highest BCUT2D eigenvalue weighted by Gasteiger charge is 2.32. The van der Waals surface area contributed by atoms with Crippen LogP contribution in [0.5, 0.6) is 0 Å². The maximum atomic E-state index is 6.16. The van der Waals surface area contributed by atoms with Gasteiger partial charge in [-0.05, 0) is 30.8 Å². The molecule has 0 unspecified atom stereocenters. The van der Waals surface area contributed by atoms with Crippen molar-refractivity contribution >= 4 is 11.3 Å². The molecule has 2 N–H and O–H groups in total. The van der Waals surface area contributed by atoms with Crippen LogP contribution in [0.25, 0.3) is 0 Å². The molecule has 1 aromatic rings. The summed E-state index contributed by atoms with van der Waals surface area (Å²) in [4.78, 5) is 3.96. The molecule has 0 amide bonds. The Morgan fingerprint density at radius 3 is 3.14 bits per heavy atom. The van der Waals surface area contributed by atoms with Gasteiger partial charge in [-0.2, -0.15) is 0 Å². The van der Waals surface area contributed by atoms with E-state index in [0.717, 1.165) is 13.0 Å². The highest BCUT2D eigenvalue weighted by atomic mass is 32.1. The van der Waals surface area contributed by atoms with Gasteiger partial charge in [-0.15, -0.1) is 11.3 Å².